The first kappa shape index (κ1) is 49.0. The van der Waals surface area contributed by atoms with Crippen molar-refractivity contribution in [3.8, 4) is 0 Å². The van der Waals surface area contributed by atoms with Crippen LogP contribution >= 0.6 is 0 Å². The van der Waals surface area contributed by atoms with Crippen LogP contribution in [0.5, 0.6) is 0 Å². The Morgan fingerprint density at radius 3 is 2.05 bits per heavy atom. The third-order valence-electron chi connectivity index (χ3n) is 19.1. The zero-order valence-corrected chi connectivity index (χ0v) is 38.7. The van der Waals surface area contributed by atoms with Crippen LogP contribution in [0.2, 0.25) is 0 Å². The second-order valence-corrected chi connectivity index (χ2v) is 23.2. The first-order chi connectivity index (χ1) is 29.8. The molecule has 3 aliphatic heterocycles. The molecular weight excluding hydrogens is 837 g/mol. The standard InChI is InChI=1S/C47H76O17/c1-21-29(51)31(53)34(56)39(60-21)63-36-30(52)24(49)19-59-40(36)64-37-33(55)32(54)35(38(57)58)62-41(37)61-28-12-13-44(5)25(45(28,6)20-48)11-14-47(8)26(44)10-9-22-23-17-42(2,3)18-27(50)43(23,4)15-16-46(22,47)7/h9,21,23-37,39-41,48-56H,10-20H2,1-8H3,(H,57,58)/t21-,23?,24+,25?,26?,27?,28?,29-,30-,31+,32-,33-,34+,35-,36+,37+,39-,40-,41+,43+,44-,45+,46?,47+/m0/s1. The van der Waals surface area contributed by atoms with E-state index >= 15 is 0 Å². The van der Waals surface area contributed by atoms with E-state index in [1.165, 1.54) is 12.5 Å². The molecule has 366 valence electrons. The maximum atomic E-state index is 12.4. The van der Waals surface area contributed by atoms with Crippen LogP contribution in [-0.4, -0.2) is 168 Å². The number of rotatable bonds is 8. The number of ether oxygens (including phenoxy) is 6. The van der Waals surface area contributed by atoms with Gasteiger partial charge in [0.05, 0.1) is 31.5 Å². The minimum Gasteiger partial charge on any atom is -0.479 e. The number of aliphatic hydroxyl groups excluding tert-OH is 9. The zero-order valence-electron chi connectivity index (χ0n) is 38.7. The summed E-state index contributed by atoms with van der Waals surface area (Å²) in [5, 5.41) is 109. The van der Waals surface area contributed by atoms with Crippen molar-refractivity contribution in [1.82, 2.24) is 0 Å². The minimum absolute atomic E-state index is 0.0286. The SMILES string of the molecule is C[C@@H]1O[C@@H](O[C@H]2[C@H](O[C@H]3[C@H](OC4CC[C@@]5(C)C(CC[C@]6(C)C5CC=C5C7CC(C)(C)CC(O)[C@]7(C)CCC56C)[C@@]4(C)CO)O[C@H](C(=O)O)[C@@H](O)[C@@H]3O)OC[C@@H](O)[C@@H]2O)[C@H](O)[C@H](O)[C@H]1O. The van der Waals surface area contributed by atoms with Crippen LogP contribution in [0.1, 0.15) is 113 Å². The molecule has 8 rings (SSSR count). The molecule has 0 spiro atoms. The lowest BCUT2D eigenvalue weighted by Gasteiger charge is -2.72. The van der Waals surface area contributed by atoms with Gasteiger partial charge in [-0.1, -0.05) is 60.1 Å². The van der Waals surface area contributed by atoms with Crippen molar-refractivity contribution in [3.05, 3.63) is 11.6 Å². The molecule has 4 saturated carbocycles. The largest absolute Gasteiger partial charge is 0.479 e. The first-order valence-corrected chi connectivity index (χ1v) is 23.7. The summed E-state index contributed by atoms with van der Waals surface area (Å²) >= 11 is 0. The van der Waals surface area contributed by atoms with Gasteiger partial charge >= 0.3 is 5.97 Å². The van der Waals surface area contributed by atoms with Crippen LogP contribution < -0.4 is 0 Å². The Kier molecular flexibility index (Phi) is 13.0. The molecule has 0 aromatic heterocycles. The predicted octanol–water partition coefficient (Wildman–Crippen LogP) is 1.34. The van der Waals surface area contributed by atoms with Crippen LogP contribution in [0.3, 0.4) is 0 Å². The van der Waals surface area contributed by atoms with Crippen molar-refractivity contribution in [2.24, 2.45) is 50.2 Å². The van der Waals surface area contributed by atoms with Gasteiger partial charge in [0.1, 0.15) is 54.9 Å². The molecule has 5 aliphatic carbocycles. The summed E-state index contributed by atoms with van der Waals surface area (Å²) in [7, 11) is 0. The van der Waals surface area contributed by atoms with Crippen LogP contribution in [0, 0.1) is 50.2 Å². The average molecular weight is 913 g/mol. The molecule has 0 aromatic rings. The third kappa shape index (κ3) is 7.49. The quantitative estimate of drug-likeness (QED) is 0.122. The number of aliphatic carboxylic acids is 1. The lowest BCUT2D eigenvalue weighted by molar-refractivity contribution is -0.387. The summed E-state index contributed by atoms with van der Waals surface area (Å²) in [6, 6.07) is 0. The second-order valence-electron chi connectivity index (χ2n) is 23.2. The number of hydrogen-bond donors (Lipinski definition) is 10. The van der Waals surface area contributed by atoms with E-state index in [9.17, 15) is 55.9 Å². The molecule has 64 heavy (non-hydrogen) atoms. The van der Waals surface area contributed by atoms with E-state index < -0.39 is 110 Å². The Morgan fingerprint density at radius 2 is 1.38 bits per heavy atom. The molecule has 0 radical (unpaired) electrons. The van der Waals surface area contributed by atoms with Crippen LogP contribution in [0.25, 0.3) is 0 Å². The molecule has 24 atom stereocenters. The van der Waals surface area contributed by atoms with E-state index in [-0.39, 0.29) is 51.6 Å². The molecule has 7 fully saturated rings. The van der Waals surface area contributed by atoms with Crippen molar-refractivity contribution in [3.63, 3.8) is 0 Å². The Hall–Kier alpha value is -1.39. The number of carboxylic acids is 1. The van der Waals surface area contributed by atoms with Gasteiger partial charge in [0.25, 0.3) is 0 Å². The smallest absolute Gasteiger partial charge is 0.335 e. The van der Waals surface area contributed by atoms with Gasteiger partial charge in [-0.3, -0.25) is 0 Å². The topological polar surface area (TPSA) is 275 Å². The van der Waals surface area contributed by atoms with Crippen LogP contribution in [0.15, 0.2) is 11.6 Å². The molecule has 0 bridgehead atoms. The highest BCUT2D eigenvalue weighted by molar-refractivity contribution is 5.73. The highest BCUT2D eigenvalue weighted by Crippen LogP contribution is 2.76. The lowest BCUT2D eigenvalue weighted by Crippen LogP contribution is -2.68. The highest BCUT2D eigenvalue weighted by Gasteiger charge is 2.70. The summed E-state index contributed by atoms with van der Waals surface area (Å²) in [6.07, 6.45) is -14.5. The van der Waals surface area contributed by atoms with E-state index in [2.05, 4.69) is 47.6 Å². The fourth-order valence-corrected chi connectivity index (χ4v) is 14.8. The molecule has 3 heterocycles. The zero-order chi connectivity index (χ0) is 46.9. The van der Waals surface area contributed by atoms with E-state index in [1.807, 2.05) is 6.92 Å². The highest BCUT2D eigenvalue weighted by atomic mass is 16.8. The van der Waals surface area contributed by atoms with Crippen LogP contribution in [-0.2, 0) is 33.2 Å². The summed E-state index contributed by atoms with van der Waals surface area (Å²) < 4.78 is 36.1. The Morgan fingerprint density at radius 1 is 0.703 bits per heavy atom. The summed E-state index contributed by atoms with van der Waals surface area (Å²) in [5.41, 5.74) is 0.0929. The maximum Gasteiger partial charge on any atom is 0.335 e. The molecule has 17 nitrogen and oxygen atoms in total. The van der Waals surface area contributed by atoms with Crippen molar-refractivity contribution in [2.45, 2.75) is 211 Å². The van der Waals surface area contributed by atoms with E-state index in [0.717, 1.165) is 44.9 Å². The number of carboxylic acid groups (broad SMARTS) is 1. The van der Waals surface area contributed by atoms with Gasteiger partial charge in [0.15, 0.2) is 25.0 Å². The fourth-order valence-electron chi connectivity index (χ4n) is 14.8. The van der Waals surface area contributed by atoms with Crippen molar-refractivity contribution in [1.29, 1.82) is 0 Å². The molecule has 10 N–H and O–H groups in total. The normalized spacial score (nSPS) is 56.1. The lowest BCUT2D eigenvalue weighted by atomic mass is 9.33. The monoisotopic (exact) mass is 913 g/mol. The van der Waals surface area contributed by atoms with Gasteiger partial charge in [-0.2, -0.15) is 0 Å². The number of aliphatic hydroxyl groups is 9. The number of allylic oxidation sites excluding steroid dienone is 2. The Bertz CT molecular complexity index is 1760. The van der Waals surface area contributed by atoms with Gasteiger partial charge in [-0.15, -0.1) is 0 Å². The van der Waals surface area contributed by atoms with Gasteiger partial charge in [-0.25, -0.2) is 4.79 Å². The van der Waals surface area contributed by atoms with E-state index in [0.29, 0.717) is 18.8 Å². The van der Waals surface area contributed by atoms with Gasteiger partial charge in [0, 0.05) is 10.8 Å². The van der Waals surface area contributed by atoms with Gasteiger partial charge < -0.3 is 79.5 Å². The first-order valence-electron chi connectivity index (χ1n) is 23.7. The van der Waals surface area contributed by atoms with Crippen molar-refractivity contribution < 1.29 is 84.3 Å². The molecule has 3 saturated heterocycles. The van der Waals surface area contributed by atoms with Gasteiger partial charge in [-0.05, 0) is 104 Å². The molecule has 8 aliphatic rings. The van der Waals surface area contributed by atoms with Crippen molar-refractivity contribution >= 4 is 5.97 Å². The van der Waals surface area contributed by atoms with Crippen molar-refractivity contribution in [2.75, 3.05) is 13.2 Å². The molecular formula is C47H76O17. The Labute approximate surface area is 376 Å². The van der Waals surface area contributed by atoms with E-state index in [4.69, 9.17) is 28.4 Å². The maximum absolute atomic E-state index is 12.4. The predicted molar refractivity (Wildman–Crippen MR) is 225 cm³/mol. The number of hydrogen-bond acceptors (Lipinski definition) is 16. The number of fused-ring (bicyclic) bond motifs is 7. The summed E-state index contributed by atoms with van der Waals surface area (Å²) in [6.45, 7) is 16.8. The third-order valence-corrected chi connectivity index (χ3v) is 19.1. The number of carbonyl (C=O) groups is 1. The average Bonchev–Trinajstić information content (AvgIpc) is 3.22. The van der Waals surface area contributed by atoms with Gasteiger partial charge in [0.2, 0.25) is 0 Å². The fraction of sp³-hybridized carbons (Fsp3) is 0.936. The second kappa shape index (κ2) is 16.9. The van der Waals surface area contributed by atoms with E-state index in [1.54, 1.807) is 0 Å². The molecule has 6 unspecified atom stereocenters. The summed E-state index contributed by atoms with van der Waals surface area (Å²) in [5.74, 6) is -1.05. The summed E-state index contributed by atoms with van der Waals surface area (Å²) in [4.78, 5) is 12.4. The van der Waals surface area contributed by atoms with Crippen LogP contribution in [0.4, 0.5) is 0 Å². The molecule has 17 heteroatoms. The molecule has 0 amide bonds. The minimum atomic E-state index is -2.01. The Balaban J connectivity index is 1.06. The molecule has 0 aromatic carbocycles.